The summed E-state index contributed by atoms with van der Waals surface area (Å²) < 4.78 is 11.2. The van der Waals surface area contributed by atoms with E-state index in [2.05, 4.69) is 39.5 Å². The monoisotopic (exact) mass is 430 g/mol. The van der Waals surface area contributed by atoms with E-state index in [1.165, 1.54) is 5.56 Å². The maximum absolute atomic E-state index is 12.9. The van der Waals surface area contributed by atoms with Gasteiger partial charge in [-0.05, 0) is 50.1 Å². The Morgan fingerprint density at radius 3 is 2.72 bits per heavy atom. The SMILES string of the molecule is Cc1cccc(-c2ccc(N3CCC[C@H](C(=O)Nc4ccc5c(c4)OCCO5)C3)nn2)c1. The van der Waals surface area contributed by atoms with Crippen LogP contribution in [0.5, 0.6) is 11.5 Å². The topological polar surface area (TPSA) is 76.6 Å². The average molecular weight is 431 g/mol. The lowest BCUT2D eigenvalue weighted by molar-refractivity contribution is -0.120. The minimum absolute atomic E-state index is 0.00992. The molecule has 0 aliphatic carbocycles. The zero-order valence-electron chi connectivity index (χ0n) is 18.1. The van der Waals surface area contributed by atoms with Gasteiger partial charge in [-0.1, -0.05) is 23.8 Å². The molecule has 1 aromatic heterocycles. The fraction of sp³-hybridized carbons (Fsp3) is 0.320. The molecule has 0 bridgehead atoms. The zero-order valence-corrected chi connectivity index (χ0v) is 18.1. The lowest BCUT2D eigenvalue weighted by Gasteiger charge is -2.32. The second-order valence-corrected chi connectivity index (χ2v) is 8.28. The van der Waals surface area contributed by atoms with E-state index in [0.717, 1.165) is 42.1 Å². The van der Waals surface area contributed by atoms with Gasteiger partial charge in [0.15, 0.2) is 17.3 Å². The molecule has 0 radical (unpaired) electrons. The van der Waals surface area contributed by atoms with Gasteiger partial charge in [0, 0.05) is 30.4 Å². The maximum atomic E-state index is 12.9. The molecule has 7 heteroatoms. The van der Waals surface area contributed by atoms with Gasteiger partial charge in [0.2, 0.25) is 5.91 Å². The first kappa shape index (κ1) is 20.3. The third-order valence-electron chi connectivity index (χ3n) is 5.89. The van der Waals surface area contributed by atoms with Gasteiger partial charge in [-0.15, -0.1) is 10.2 Å². The van der Waals surface area contributed by atoms with Gasteiger partial charge >= 0.3 is 0 Å². The van der Waals surface area contributed by atoms with Crippen LogP contribution in [0.15, 0.2) is 54.6 Å². The second kappa shape index (κ2) is 8.86. The number of anilines is 2. The van der Waals surface area contributed by atoms with Crippen LogP contribution in [0.3, 0.4) is 0 Å². The number of fused-ring (bicyclic) bond motifs is 1. The van der Waals surface area contributed by atoms with Gasteiger partial charge in [-0.2, -0.15) is 0 Å². The number of carbonyl (C=O) groups excluding carboxylic acids is 1. The smallest absolute Gasteiger partial charge is 0.229 e. The molecule has 2 aliphatic heterocycles. The fourth-order valence-corrected chi connectivity index (χ4v) is 4.22. The molecule has 0 spiro atoms. The molecule has 1 atom stereocenters. The molecule has 0 unspecified atom stereocenters. The van der Waals surface area contributed by atoms with Crippen LogP contribution >= 0.6 is 0 Å². The molecule has 1 amide bonds. The quantitative estimate of drug-likeness (QED) is 0.672. The summed E-state index contributed by atoms with van der Waals surface area (Å²) in [6.45, 7) is 4.62. The molecule has 1 fully saturated rings. The van der Waals surface area contributed by atoms with Crippen LogP contribution in [0.4, 0.5) is 11.5 Å². The van der Waals surface area contributed by atoms with Crippen LogP contribution in [0.2, 0.25) is 0 Å². The summed E-state index contributed by atoms with van der Waals surface area (Å²) >= 11 is 0. The number of rotatable bonds is 4. The summed E-state index contributed by atoms with van der Waals surface area (Å²) in [7, 11) is 0. The predicted molar refractivity (Wildman–Crippen MR) is 123 cm³/mol. The van der Waals surface area contributed by atoms with E-state index in [1.54, 1.807) is 0 Å². The number of amides is 1. The molecule has 1 N–H and O–H groups in total. The van der Waals surface area contributed by atoms with E-state index in [-0.39, 0.29) is 11.8 Å². The van der Waals surface area contributed by atoms with Gasteiger partial charge in [-0.3, -0.25) is 4.79 Å². The van der Waals surface area contributed by atoms with Crippen LogP contribution < -0.4 is 19.7 Å². The maximum Gasteiger partial charge on any atom is 0.229 e. The van der Waals surface area contributed by atoms with Gasteiger partial charge in [-0.25, -0.2) is 0 Å². The Morgan fingerprint density at radius 1 is 1.03 bits per heavy atom. The third kappa shape index (κ3) is 4.37. The Morgan fingerprint density at radius 2 is 1.91 bits per heavy atom. The van der Waals surface area contributed by atoms with Crippen molar-refractivity contribution >= 4 is 17.4 Å². The predicted octanol–water partition coefficient (Wildman–Crippen LogP) is 4.08. The highest BCUT2D eigenvalue weighted by atomic mass is 16.6. The summed E-state index contributed by atoms with van der Waals surface area (Å²) in [4.78, 5) is 15.1. The molecular formula is C25H26N4O3. The molecular weight excluding hydrogens is 404 g/mol. The van der Waals surface area contributed by atoms with Crippen molar-refractivity contribution in [3.8, 4) is 22.8 Å². The first-order valence-corrected chi connectivity index (χ1v) is 11.0. The number of hydrogen-bond donors (Lipinski definition) is 1. The highest BCUT2D eigenvalue weighted by Crippen LogP contribution is 2.33. The number of hydrogen-bond acceptors (Lipinski definition) is 6. The van der Waals surface area contributed by atoms with Crippen molar-refractivity contribution in [2.75, 3.05) is 36.5 Å². The lowest BCUT2D eigenvalue weighted by atomic mass is 9.97. The third-order valence-corrected chi connectivity index (χ3v) is 5.89. The molecule has 3 aromatic rings. The molecule has 5 rings (SSSR count). The number of ether oxygens (including phenoxy) is 2. The average Bonchev–Trinajstić information content (AvgIpc) is 2.84. The summed E-state index contributed by atoms with van der Waals surface area (Å²) in [5.74, 6) is 2.08. The molecule has 2 aliphatic rings. The molecule has 1 saturated heterocycles. The van der Waals surface area contributed by atoms with Crippen LogP contribution in [-0.2, 0) is 4.79 Å². The first-order chi connectivity index (χ1) is 15.7. The van der Waals surface area contributed by atoms with E-state index in [9.17, 15) is 4.79 Å². The molecule has 3 heterocycles. The number of nitrogens with one attached hydrogen (secondary N) is 1. The molecule has 164 valence electrons. The minimum Gasteiger partial charge on any atom is -0.486 e. The largest absolute Gasteiger partial charge is 0.486 e. The second-order valence-electron chi connectivity index (χ2n) is 8.28. The molecule has 7 nitrogen and oxygen atoms in total. The standard InChI is InChI=1S/C25H26N4O3/c1-17-4-2-5-18(14-17)21-8-10-24(28-27-21)29-11-3-6-19(16-29)25(30)26-20-7-9-22-23(15-20)32-13-12-31-22/h2,4-5,7-10,14-15,19H,3,6,11-13,16H2,1H3,(H,26,30)/t19-/m0/s1. The number of piperidine rings is 1. The summed E-state index contributed by atoms with van der Waals surface area (Å²) in [6.07, 6.45) is 1.78. The molecule has 2 aromatic carbocycles. The van der Waals surface area contributed by atoms with Crippen LogP contribution in [-0.4, -0.2) is 42.4 Å². The van der Waals surface area contributed by atoms with Crippen LogP contribution in [0, 0.1) is 12.8 Å². The van der Waals surface area contributed by atoms with Crippen molar-refractivity contribution in [3.05, 3.63) is 60.2 Å². The highest BCUT2D eigenvalue weighted by Gasteiger charge is 2.27. The van der Waals surface area contributed by atoms with Crippen LogP contribution in [0.1, 0.15) is 18.4 Å². The van der Waals surface area contributed by atoms with E-state index >= 15 is 0 Å². The van der Waals surface area contributed by atoms with E-state index < -0.39 is 0 Å². The van der Waals surface area contributed by atoms with E-state index in [0.29, 0.717) is 31.3 Å². The van der Waals surface area contributed by atoms with Gasteiger partial charge in [0.1, 0.15) is 13.2 Å². The van der Waals surface area contributed by atoms with Crippen LogP contribution in [0.25, 0.3) is 11.3 Å². The number of aryl methyl sites for hydroxylation is 1. The normalized spacial score (nSPS) is 17.7. The van der Waals surface area contributed by atoms with Crippen molar-refractivity contribution in [2.24, 2.45) is 5.92 Å². The lowest BCUT2D eigenvalue weighted by Crippen LogP contribution is -2.41. The number of nitrogens with zero attached hydrogens (tertiary/aromatic N) is 3. The number of aromatic nitrogens is 2. The van der Waals surface area contributed by atoms with Crippen molar-refractivity contribution in [2.45, 2.75) is 19.8 Å². The Kier molecular flexibility index (Phi) is 5.62. The molecule has 0 saturated carbocycles. The van der Waals surface area contributed by atoms with Crippen molar-refractivity contribution in [1.29, 1.82) is 0 Å². The summed E-state index contributed by atoms with van der Waals surface area (Å²) in [5, 5.41) is 11.9. The molecule has 32 heavy (non-hydrogen) atoms. The fourth-order valence-electron chi connectivity index (χ4n) is 4.22. The Hall–Kier alpha value is -3.61. The number of carbonyl (C=O) groups is 1. The van der Waals surface area contributed by atoms with Crippen molar-refractivity contribution in [3.63, 3.8) is 0 Å². The Labute approximate surface area is 187 Å². The van der Waals surface area contributed by atoms with Gasteiger partial charge in [0.25, 0.3) is 0 Å². The van der Waals surface area contributed by atoms with Crippen molar-refractivity contribution in [1.82, 2.24) is 10.2 Å². The summed E-state index contributed by atoms with van der Waals surface area (Å²) in [6, 6.07) is 17.7. The Balaban J connectivity index is 1.24. The van der Waals surface area contributed by atoms with Gasteiger partial charge < -0.3 is 19.7 Å². The number of benzene rings is 2. The highest BCUT2D eigenvalue weighted by molar-refractivity contribution is 5.93. The van der Waals surface area contributed by atoms with Crippen molar-refractivity contribution < 1.29 is 14.3 Å². The zero-order chi connectivity index (χ0) is 21.9. The first-order valence-electron chi connectivity index (χ1n) is 11.0. The minimum atomic E-state index is -0.116. The van der Waals surface area contributed by atoms with Gasteiger partial charge in [0.05, 0.1) is 11.6 Å². The van der Waals surface area contributed by atoms with E-state index in [4.69, 9.17) is 9.47 Å². The van der Waals surface area contributed by atoms with E-state index in [1.807, 2.05) is 42.5 Å². The Bertz CT molecular complexity index is 1120. The summed E-state index contributed by atoms with van der Waals surface area (Å²) in [5.41, 5.74) is 3.82.